The van der Waals surface area contributed by atoms with Crippen LogP contribution in [-0.2, 0) is 14.8 Å². The Hall–Kier alpha value is -1.60. The van der Waals surface area contributed by atoms with Gasteiger partial charge in [-0.15, -0.1) is 0 Å². The Balaban J connectivity index is 3.16. The van der Waals surface area contributed by atoms with Gasteiger partial charge in [-0.3, -0.25) is 4.79 Å². The van der Waals surface area contributed by atoms with Crippen LogP contribution in [0.1, 0.15) is 27.2 Å². The molecule has 0 saturated heterocycles. The molecule has 0 heterocycles. The summed E-state index contributed by atoms with van der Waals surface area (Å²) in [7, 11) is -3.86. The number of nitrogens with one attached hydrogen (secondary N) is 1. The molecule has 0 aliphatic heterocycles. The van der Waals surface area contributed by atoms with Crippen LogP contribution >= 0.6 is 0 Å². The first-order chi connectivity index (χ1) is 9.01. The third-order valence-corrected chi connectivity index (χ3v) is 3.92. The zero-order valence-electron chi connectivity index (χ0n) is 11.8. The van der Waals surface area contributed by atoms with Crippen molar-refractivity contribution < 1.29 is 18.3 Å². The molecule has 0 spiro atoms. The highest BCUT2D eigenvalue weighted by molar-refractivity contribution is 7.89. The average Bonchev–Trinajstić information content (AvgIpc) is 2.25. The molecular weight excluding hydrogens is 280 g/mol. The molecule has 1 aromatic rings. The molecule has 0 bridgehead atoms. The van der Waals surface area contributed by atoms with Crippen molar-refractivity contribution in [2.75, 3.05) is 5.32 Å². The number of benzene rings is 1. The van der Waals surface area contributed by atoms with Crippen molar-refractivity contribution in [3.05, 3.63) is 24.3 Å². The molecule has 0 aliphatic rings. The summed E-state index contributed by atoms with van der Waals surface area (Å²) < 4.78 is 23.1. The molecule has 112 valence electrons. The van der Waals surface area contributed by atoms with E-state index in [1.165, 1.54) is 6.07 Å². The Kier molecular flexibility index (Phi) is 4.77. The van der Waals surface area contributed by atoms with Crippen LogP contribution in [0.2, 0.25) is 0 Å². The molecule has 0 amide bonds. The minimum absolute atomic E-state index is 0.0420. The number of hydrogen-bond acceptors (Lipinski definition) is 4. The maximum Gasteiger partial charge on any atom is 0.305 e. The highest BCUT2D eigenvalue weighted by Crippen LogP contribution is 2.28. The lowest BCUT2D eigenvalue weighted by atomic mass is 9.84. The second-order valence-electron chi connectivity index (χ2n) is 5.70. The van der Waals surface area contributed by atoms with Crippen LogP contribution in [0.25, 0.3) is 0 Å². The van der Waals surface area contributed by atoms with Gasteiger partial charge in [0, 0.05) is 6.04 Å². The second kappa shape index (κ2) is 5.80. The highest BCUT2D eigenvalue weighted by atomic mass is 32.2. The number of aliphatic carboxylic acids is 1. The summed E-state index contributed by atoms with van der Waals surface area (Å²) in [6.07, 6.45) is -0.123. The third-order valence-electron chi connectivity index (χ3n) is 2.95. The van der Waals surface area contributed by atoms with Gasteiger partial charge >= 0.3 is 5.97 Å². The van der Waals surface area contributed by atoms with Gasteiger partial charge in [0.1, 0.15) is 4.90 Å². The van der Waals surface area contributed by atoms with Crippen LogP contribution in [-0.4, -0.2) is 25.5 Å². The number of rotatable bonds is 5. The Morgan fingerprint density at radius 3 is 2.35 bits per heavy atom. The second-order valence-corrected chi connectivity index (χ2v) is 7.23. The Morgan fingerprint density at radius 2 is 1.90 bits per heavy atom. The molecule has 0 saturated carbocycles. The van der Waals surface area contributed by atoms with Gasteiger partial charge in [-0.25, -0.2) is 13.6 Å². The molecule has 1 atom stereocenters. The number of carboxylic acids is 1. The van der Waals surface area contributed by atoms with E-state index in [-0.39, 0.29) is 16.7 Å². The van der Waals surface area contributed by atoms with E-state index in [4.69, 9.17) is 10.2 Å². The fourth-order valence-corrected chi connectivity index (χ4v) is 2.47. The largest absolute Gasteiger partial charge is 0.481 e. The first-order valence-electron chi connectivity index (χ1n) is 6.12. The van der Waals surface area contributed by atoms with Crippen LogP contribution in [0.4, 0.5) is 5.69 Å². The fraction of sp³-hybridized carbons (Fsp3) is 0.462. The zero-order chi connectivity index (χ0) is 15.6. The molecule has 0 radical (unpaired) electrons. The molecule has 4 N–H and O–H groups in total. The van der Waals surface area contributed by atoms with Crippen molar-refractivity contribution in [1.82, 2.24) is 0 Å². The lowest BCUT2D eigenvalue weighted by Gasteiger charge is -2.31. The Bertz CT molecular complexity index is 591. The summed E-state index contributed by atoms with van der Waals surface area (Å²) in [5, 5.41) is 17.1. The fourth-order valence-electron chi connectivity index (χ4n) is 1.77. The van der Waals surface area contributed by atoms with Gasteiger partial charge in [-0.1, -0.05) is 32.9 Å². The van der Waals surface area contributed by atoms with Gasteiger partial charge in [-0.05, 0) is 17.5 Å². The van der Waals surface area contributed by atoms with Gasteiger partial charge in [0.25, 0.3) is 0 Å². The van der Waals surface area contributed by atoms with Gasteiger partial charge < -0.3 is 10.4 Å². The Labute approximate surface area is 119 Å². The number of hydrogen-bond donors (Lipinski definition) is 3. The molecule has 1 unspecified atom stereocenters. The van der Waals surface area contributed by atoms with Crippen molar-refractivity contribution in [1.29, 1.82) is 0 Å². The summed E-state index contributed by atoms with van der Waals surface area (Å²) in [4.78, 5) is 10.9. The van der Waals surface area contributed by atoms with Crippen molar-refractivity contribution in [2.24, 2.45) is 10.6 Å². The monoisotopic (exact) mass is 300 g/mol. The lowest BCUT2D eigenvalue weighted by molar-refractivity contribution is -0.137. The molecule has 1 rings (SSSR count). The van der Waals surface area contributed by atoms with E-state index in [0.717, 1.165) is 0 Å². The molecule has 1 aromatic carbocycles. The van der Waals surface area contributed by atoms with E-state index in [9.17, 15) is 13.2 Å². The van der Waals surface area contributed by atoms with Gasteiger partial charge in [0.2, 0.25) is 10.0 Å². The van der Waals surface area contributed by atoms with E-state index >= 15 is 0 Å². The first kappa shape index (κ1) is 16.5. The summed E-state index contributed by atoms with van der Waals surface area (Å²) in [6.45, 7) is 5.65. The smallest absolute Gasteiger partial charge is 0.305 e. The van der Waals surface area contributed by atoms with E-state index in [2.05, 4.69) is 5.32 Å². The van der Waals surface area contributed by atoms with Crippen LogP contribution in [0.5, 0.6) is 0 Å². The normalized spacial score (nSPS) is 13.8. The molecule has 7 heteroatoms. The maximum absolute atomic E-state index is 11.5. The highest BCUT2D eigenvalue weighted by Gasteiger charge is 2.28. The number of carboxylic acid groups (broad SMARTS) is 1. The average molecular weight is 300 g/mol. The molecule has 0 fully saturated rings. The third kappa shape index (κ3) is 4.50. The quantitative estimate of drug-likeness (QED) is 0.765. The molecular formula is C13H20N2O4S. The number of para-hydroxylation sites is 1. The van der Waals surface area contributed by atoms with E-state index < -0.39 is 22.0 Å². The minimum atomic E-state index is -3.86. The summed E-state index contributed by atoms with van der Waals surface area (Å²) in [5.41, 5.74) is -0.0414. The SMILES string of the molecule is CC(C)(C)C(CC(=O)O)Nc1ccccc1S(N)(=O)=O. The first-order valence-corrected chi connectivity index (χ1v) is 7.66. The minimum Gasteiger partial charge on any atom is -0.481 e. The summed E-state index contributed by atoms with van der Waals surface area (Å²) >= 11 is 0. The lowest BCUT2D eigenvalue weighted by Crippen LogP contribution is -2.36. The zero-order valence-corrected chi connectivity index (χ0v) is 12.6. The number of nitrogens with two attached hydrogens (primary N) is 1. The predicted molar refractivity (Wildman–Crippen MR) is 76.9 cm³/mol. The van der Waals surface area contributed by atoms with E-state index in [0.29, 0.717) is 5.69 Å². The van der Waals surface area contributed by atoms with Crippen LogP contribution in [0.3, 0.4) is 0 Å². The molecule has 0 aliphatic carbocycles. The van der Waals surface area contributed by atoms with E-state index in [1.807, 2.05) is 20.8 Å². The standard InChI is InChI=1S/C13H20N2O4S/c1-13(2,3)11(8-12(16)17)15-9-6-4-5-7-10(9)20(14,18)19/h4-7,11,15H,8H2,1-3H3,(H,16,17)(H2,14,18,19). The topological polar surface area (TPSA) is 109 Å². The van der Waals surface area contributed by atoms with Crippen molar-refractivity contribution >= 4 is 21.7 Å². The summed E-state index contributed by atoms with van der Waals surface area (Å²) in [6, 6.07) is 5.76. The van der Waals surface area contributed by atoms with Crippen molar-refractivity contribution in [3.63, 3.8) is 0 Å². The number of anilines is 1. The Morgan fingerprint density at radius 1 is 1.35 bits per heavy atom. The predicted octanol–water partition coefficient (Wildman–Crippen LogP) is 1.64. The number of primary sulfonamides is 1. The van der Waals surface area contributed by atoms with Gasteiger partial charge in [0.15, 0.2) is 0 Å². The van der Waals surface area contributed by atoms with Gasteiger partial charge in [0.05, 0.1) is 12.1 Å². The molecule has 6 nitrogen and oxygen atoms in total. The summed E-state index contributed by atoms with van der Waals surface area (Å²) in [5.74, 6) is -0.953. The van der Waals surface area contributed by atoms with Gasteiger partial charge in [-0.2, -0.15) is 0 Å². The van der Waals surface area contributed by atoms with E-state index in [1.54, 1.807) is 18.2 Å². The van der Waals surface area contributed by atoms with Crippen LogP contribution in [0, 0.1) is 5.41 Å². The molecule has 20 heavy (non-hydrogen) atoms. The van der Waals surface area contributed by atoms with Crippen molar-refractivity contribution in [2.45, 2.75) is 38.1 Å². The number of carbonyl (C=O) groups is 1. The van der Waals surface area contributed by atoms with Crippen molar-refractivity contribution in [3.8, 4) is 0 Å². The van der Waals surface area contributed by atoms with Crippen LogP contribution in [0.15, 0.2) is 29.2 Å². The maximum atomic E-state index is 11.5. The molecule has 0 aromatic heterocycles. The van der Waals surface area contributed by atoms with Crippen LogP contribution < -0.4 is 10.5 Å². The number of sulfonamides is 1.